The molecule has 0 radical (unpaired) electrons. The number of urea groups is 1. The summed E-state index contributed by atoms with van der Waals surface area (Å²) >= 11 is 0. The van der Waals surface area contributed by atoms with Gasteiger partial charge in [0.15, 0.2) is 0 Å². The molecule has 3 N–H and O–H groups in total. The Morgan fingerprint density at radius 3 is 2.75 bits per heavy atom. The van der Waals surface area contributed by atoms with E-state index in [0.29, 0.717) is 6.54 Å². The van der Waals surface area contributed by atoms with Crippen molar-refractivity contribution in [2.75, 3.05) is 12.4 Å². The molecule has 4 nitrogen and oxygen atoms in total. The van der Waals surface area contributed by atoms with Crippen LogP contribution >= 0.6 is 0 Å². The Hall–Kier alpha value is -1.55. The first-order chi connectivity index (χ1) is 9.49. The molecular weight excluding hydrogens is 250 g/mol. The Morgan fingerprint density at radius 2 is 2.05 bits per heavy atom. The molecule has 1 atom stereocenters. The van der Waals surface area contributed by atoms with E-state index in [9.17, 15) is 4.79 Å². The highest BCUT2D eigenvalue weighted by Crippen LogP contribution is 2.46. The minimum Gasteiger partial charge on any atom is -0.323 e. The summed E-state index contributed by atoms with van der Waals surface area (Å²) in [5.41, 5.74) is 10.0. The lowest BCUT2D eigenvalue weighted by molar-refractivity contribution is 0.218. The molecule has 0 aromatic heterocycles. The lowest BCUT2D eigenvalue weighted by Crippen LogP contribution is -2.36. The number of benzene rings is 1. The van der Waals surface area contributed by atoms with Gasteiger partial charge in [0.1, 0.15) is 0 Å². The van der Waals surface area contributed by atoms with E-state index in [2.05, 4.69) is 24.4 Å². The van der Waals surface area contributed by atoms with Crippen LogP contribution in [0.25, 0.3) is 0 Å². The first-order valence-electron chi connectivity index (χ1n) is 7.40. The third kappa shape index (κ3) is 2.18. The zero-order valence-corrected chi connectivity index (χ0v) is 12.3. The molecule has 1 fully saturated rings. The Balaban J connectivity index is 1.89. The van der Waals surface area contributed by atoms with Crippen LogP contribution in [0.15, 0.2) is 18.2 Å². The van der Waals surface area contributed by atoms with Crippen molar-refractivity contribution >= 4 is 11.7 Å². The van der Waals surface area contributed by atoms with Gasteiger partial charge in [-0.3, -0.25) is 0 Å². The van der Waals surface area contributed by atoms with Crippen molar-refractivity contribution in [3.05, 3.63) is 29.3 Å². The molecule has 4 heteroatoms. The first-order valence-corrected chi connectivity index (χ1v) is 7.40. The molecule has 20 heavy (non-hydrogen) atoms. The van der Waals surface area contributed by atoms with Gasteiger partial charge in [-0.25, -0.2) is 4.79 Å². The predicted octanol–water partition coefficient (Wildman–Crippen LogP) is 3.24. The minimum absolute atomic E-state index is 0.0442. The molecule has 1 aromatic carbocycles. The number of hydrogen-bond acceptors (Lipinski definition) is 2. The average Bonchev–Trinajstić information content (AvgIpc) is 2.87. The molecule has 3 rings (SSSR count). The maximum Gasteiger partial charge on any atom is 0.321 e. The fraction of sp³-hybridized carbons (Fsp3) is 0.562. The van der Waals surface area contributed by atoms with Gasteiger partial charge in [-0.05, 0) is 35.4 Å². The molecular formula is C16H23N3O. The smallest absolute Gasteiger partial charge is 0.321 e. The van der Waals surface area contributed by atoms with Crippen molar-refractivity contribution in [3.8, 4) is 0 Å². The molecule has 1 aliphatic heterocycles. The average molecular weight is 273 g/mol. The lowest BCUT2D eigenvalue weighted by Gasteiger charge is -2.33. The van der Waals surface area contributed by atoms with Crippen LogP contribution in [0, 0.1) is 5.41 Å². The Labute approximate surface area is 120 Å². The zero-order valence-electron chi connectivity index (χ0n) is 12.3. The normalized spacial score (nSPS) is 22.4. The van der Waals surface area contributed by atoms with E-state index in [0.717, 1.165) is 11.3 Å². The highest BCUT2D eigenvalue weighted by Gasteiger charge is 2.36. The maximum absolute atomic E-state index is 11.6. The van der Waals surface area contributed by atoms with Crippen molar-refractivity contribution in [3.63, 3.8) is 0 Å². The van der Waals surface area contributed by atoms with E-state index in [1.807, 2.05) is 13.1 Å². The summed E-state index contributed by atoms with van der Waals surface area (Å²) in [7, 11) is 1.81. The fourth-order valence-electron chi connectivity index (χ4n) is 3.49. The van der Waals surface area contributed by atoms with Gasteiger partial charge in [0, 0.05) is 25.3 Å². The highest BCUT2D eigenvalue weighted by atomic mass is 16.2. The van der Waals surface area contributed by atoms with Gasteiger partial charge in [0.05, 0.1) is 0 Å². The number of nitrogens with zero attached hydrogens (tertiary/aromatic N) is 1. The summed E-state index contributed by atoms with van der Waals surface area (Å²) in [5, 5.41) is 2.90. The number of amides is 2. The molecule has 1 unspecified atom stereocenters. The van der Waals surface area contributed by atoms with Crippen LogP contribution in [-0.2, 0) is 6.54 Å². The van der Waals surface area contributed by atoms with Gasteiger partial charge >= 0.3 is 6.03 Å². The number of anilines is 1. The largest absolute Gasteiger partial charge is 0.323 e. The van der Waals surface area contributed by atoms with E-state index in [-0.39, 0.29) is 17.5 Å². The molecule has 2 amide bonds. The zero-order chi connectivity index (χ0) is 14.3. The summed E-state index contributed by atoms with van der Waals surface area (Å²) in [6.45, 7) is 2.95. The molecule has 1 aromatic rings. The first kappa shape index (κ1) is 13.4. The Kier molecular flexibility index (Phi) is 3.21. The van der Waals surface area contributed by atoms with Crippen molar-refractivity contribution in [2.45, 2.75) is 45.2 Å². The van der Waals surface area contributed by atoms with Gasteiger partial charge in [-0.15, -0.1) is 0 Å². The SMILES string of the molecule is CN1Cc2cc(C(N)C3(C)CCCC3)ccc2NC1=O. The van der Waals surface area contributed by atoms with Crippen LogP contribution < -0.4 is 11.1 Å². The number of rotatable bonds is 2. The Bertz CT molecular complexity index is 535. The summed E-state index contributed by atoms with van der Waals surface area (Å²) in [4.78, 5) is 13.3. The number of carbonyl (C=O) groups is 1. The van der Waals surface area contributed by atoms with Crippen molar-refractivity contribution in [2.24, 2.45) is 11.1 Å². The molecule has 1 saturated carbocycles. The molecule has 0 spiro atoms. The maximum atomic E-state index is 11.6. The number of nitrogens with two attached hydrogens (primary N) is 1. The van der Waals surface area contributed by atoms with Crippen LogP contribution in [0.1, 0.15) is 49.8 Å². The standard InChI is InChI=1S/C16H23N3O/c1-16(7-3-4-8-16)14(17)11-5-6-13-12(9-11)10-19(2)15(20)18-13/h5-6,9,14H,3-4,7-8,10,17H2,1-2H3,(H,18,20). The van der Waals surface area contributed by atoms with Gasteiger partial charge in [-0.1, -0.05) is 31.9 Å². The number of nitrogens with one attached hydrogen (secondary N) is 1. The third-order valence-corrected chi connectivity index (χ3v) is 4.98. The molecule has 1 aliphatic carbocycles. The number of carbonyl (C=O) groups excluding carboxylic acids is 1. The van der Waals surface area contributed by atoms with Crippen LogP contribution in [0.2, 0.25) is 0 Å². The topological polar surface area (TPSA) is 58.4 Å². The van der Waals surface area contributed by atoms with Gasteiger partial charge in [-0.2, -0.15) is 0 Å². The molecule has 0 bridgehead atoms. The minimum atomic E-state index is -0.0442. The second-order valence-electron chi connectivity index (χ2n) is 6.54. The van der Waals surface area contributed by atoms with E-state index >= 15 is 0 Å². The van der Waals surface area contributed by atoms with Gasteiger partial charge in [0.25, 0.3) is 0 Å². The Morgan fingerprint density at radius 1 is 1.35 bits per heavy atom. The fourth-order valence-corrected chi connectivity index (χ4v) is 3.49. The summed E-state index contributed by atoms with van der Waals surface area (Å²) in [6.07, 6.45) is 4.99. The van der Waals surface area contributed by atoms with E-state index in [1.54, 1.807) is 4.90 Å². The van der Waals surface area contributed by atoms with Crippen LogP contribution in [0.4, 0.5) is 10.5 Å². The summed E-state index contributed by atoms with van der Waals surface area (Å²) in [5.74, 6) is 0. The van der Waals surface area contributed by atoms with Gasteiger partial charge < -0.3 is 16.0 Å². The van der Waals surface area contributed by atoms with Crippen molar-refractivity contribution in [1.29, 1.82) is 0 Å². The van der Waals surface area contributed by atoms with Gasteiger partial charge in [0.2, 0.25) is 0 Å². The summed E-state index contributed by atoms with van der Waals surface area (Å²) in [6, 6.07) is 6.27. The van der Waals surface area contributed by atoms with Crippen LogP contribution in [-0.4, -0.2) is 18.0 Å². The quantitative estimate of drug-likeness (QED) is 0.869. The van der Waals surface area contributed by atoms with Crippen molar-refractivity contribution < 1.29 is 4.79 Å². The van der Waals surface area contributed by atoms with E-state index in [1.165, 1.54) is 31.2 Å². The highest BCUT2D eigenvalue weighted by molar-refractivity contribution is 5.92. The summed E-state index contributed by atoms with van der Waals surface area (Å²) < 4.78 is 0. The monoisotopic (exact) mass is 273 g/mol. The molecule has 2 aliphatic rings. The number of fused-ring (bicyclic) bond motifs is 1. The molecule has 108 valence electrons. The third-order valence-electron chi connectivity index (χ3n) is 4.98. The van der Waals surface area contributed by atoms with Crippen LogP contribution in [0.5, 0.6) is 0 Å². The van der Waals surface area contributed by atoms with Crippen LogP contribution in [0.3, 0.4) is 0 Å². The predicted molar refractivity (Wildman–Crippen MR) is 80.4 cm³/mol. The second-order valence-corrected chi connectivity index (χ2v) is 6.54. The van der Waals surface area contributed by atoms with E-state index < -0.39 is 0 Å². The van der Waals surface area contributed by atoms with Crippen molar-refractivity contribution in [1.82, 2.24) is 4.90 Å². The second kappa shape index (κ2) is 4.77. The molecule has 1 heterocycles. The molecule has 0 saturated heterocycles. The lowest BCUT2D eigenvalue weighted by atomic mass is 9.77. The van der Waals surface area contributed by atoms with E-state index in [4.69, 9.17) is 5.73 Å². The number of hydrogen-bond donors (Lipinski definition) is 2.